The van der Waals surface area contributed by atoms with E-state index in [2.05, 4.69) is 29.3 Å². The molecule has 2 fully saturated rings. The van der Waals surface area contributed by atoms with E-state index in [9.17, 15) is 9.90 Å². The summed E-state index contributed by atoms with van der Waals surface area (Å²) in [5.41, 5.74) is 2.02. The Bertz CT molecular complexity index is 542. The molecule has 1 aromatic carbocycles. The maximum absolute atomic E-state index is 12.4. The lowest BCUT2D eigenvalue weighted by molar-refractivity contribution is 0.0923. The second-order valence-corrected chi connectivity index (χ2v) is 8.03. The maximum Gasteiger partial charge on any atom is 0.251 e. The molecule has 1 heterocycles. The fourth-order valence-electron chi connectivity index (χ4n) is 4.02. The van der Waals surface area contributed by atoms with Gasteiger partial charge in [0.2, 0.25) is 0 Å². The molecule has 138 valence electrons. The molecule has 1 aromatic rings. The van der Waals surface area contributed by atoms with Gasteiger partial charge in [0.25, 0.3) is 5.91 Å². The second-order valence-electron chi connectivity index (χ2n) is 8.03. The van der Waals surface area contributed by atoms with E-state index in [0.29, 0.717) is 18.6 Å². The van der Waals surface area contributed by atoms with Crippen molar-refractivity contribution < 1.29 is 9.90 Å². The highest BCUT2D eigenvalue weighted by molar-refractivity contribution is 5.94. The molecule has 1 saturated carbocycles. The molecule has 2 aliphatic rings. The highest BCUT2D eigenvalue weighted by atomic mass is 16.3. The predicted molar refractivity (Wildman–Crippen MR) is 100 cm³/mol. The van der Waals surface area contributed by atoms with Gasteiger partial charge in [0.15, 0.2) is 0 Å². The first-order valence-electron chi connectivity index (χ1n) is 9.87. The quantitative estimate of drug-likeness (QED) is 0.862. The molecule has 1 saturated heterocycles. The summed E-state index contributed by atoms with van der Waals surface area (Å²) < 4.78 is 0. The van der Waals surface area contributed by atoms with Gasteiger partial charge >= 0.3 is 0 Å². The van der Waals surface area contributed by atoms with Crippen molar-refractivity contribution >= 4 is 5.91 Å². The molecule has 0 radical (unpaired) electrons. The fraction of sp³-hybridized carbons (Fsp3) is 0.667. The number of nitrogens with zero attached hydrogens (tertiary/aromatic N) is 1. The minimum Gasteiger partial charge on any atom is -0.396 e. The molecular weight excluding hydrogens is 312 g/mol. The van der Waals surface area contributed by atoms with Crippen molar-refractivity contribution in [2.45, 2.75) is 58.0 Å². The molecule has 0 spiro atoms. The lowest BCUT2D eigenvalue weighted by atomic mass is 9.87. The van der Waals surface area contributed by atoms with E-state index in [1.54, 1.807) is 0 Å². The zero-order valence-electron chi connectivity index (χ0n) is 15.4. The Labute approximate surface area is 151 Å². The third kappa shape index (κ3) is 5.29. The fourth-order valence-corrected chi connectivity index (χ4v) is 4.02. The molecular formula is C21H32N2O2. The smallest absolute Gasteiger partial charge is 0.251 e. The van der Waals surface area contributed by atoms with Crippen LogP contribution in [0.2, 0.25) is 0 Å². The zero-order chi connectivity index (χ0) is 17.6. The lowest BCUT2D eigenvalue weighted by Gasteiger charge is -2.31. The standard InChI is InChI=1S/C21H32N2O2/c1-16-2-8-20(9-3-16)22-21(25)19-6-4-17(5-7-19)14-23-12-10-18(15-24)11-13-23/h4-7,16,18,20,24H,2-3,8-15H2,1H3,(H,22,25). The van der Waals surface area contributed by atoms with E-state index in [0.717, 1.165) is 56.8 Å². The van der Waals surface area contributed by atoms with E-state index in [1.807, 2.05) is 12.1 Å². The van der Waals surface area contributed by atoms with Crippen LogP contribution < -0.4 is 5.32 Å². The van der Waals surface area contributed by atoms with Gasteiger partial charge in [-0.25, -0.2) is 0 Å². The Morgan fingerprint density at radius 2 is 1.72 bits per heavy atom. The van der Waals surface area contributed by atoms with Crippen LogP contribution in [0.15, 0.2) is 24.3 Å². The van der Waals surface area contributed by atoms with Gasteiger partial charge < -0.3 is 10.4 Å². The van der Waals surface area contributed by atoms with Gasteiger partial charge in [0.05, 0.1) is 0 Å². The average molecular weight is 344 g/mol. The highest BCUT2D eigenvalue weighted by Crippen LogP contribution is 2.24. The third-order valence-corrected chi connectivity index (χ3v) is 5.94. The van der Waals surface area contributed by atoms with E-state index >= 15 is 0 Å². The number of carbonyl (C=O) groups excluding carboxylic acids is 1. The number of aliphatic hydroxyl groups is 1. The van der Waals surface area contributed by atoms with Crippen LogP contribution >= 0.6 is 0 Å². The molecule has 4 nitrogen and oxygen atoms in total. The number of benzene rings is 1. The van der Waals surface area contributed by atoms with Gasteiger partial charge in [-0.05, 0) is 81.1 Å². The van der Waals surface area contributed by atoms with Crippen LogP contribution in [0, 0.1) is 11.8 Å². The van der Waals surface area contributed by atoms with Gasteiger partial charge in [-0.2, -0.15) is 0 Å². The summed E-state index contributed by atoms with van der Waals surface area (Å²) in [4.78, 5) is 14.9. The number of nitrogens with one attached hydrogen (secondary N) is 1. The maximum atomic E-state index is 12.4. The minimum atomic E-state index is 0.0647. The Balaban J connectivity index is 1.47. The van der Waals surface area contributed by atoms with E-state index in [4.69, 9.17) is 0 Å². The third-order valence-electron chi connectivity index (χ3n) is 5.94. The summed E-state index contributed by atoms with van der Waals surface area (Å²) >= 11 is 0. The minimum absolute atomic E-state index is 0.0647. The molecule has 4 heteroatoms. The Morgan fingerprint density at radius 1 is 1.08 bits per heavy atom. The average Bonchev–Trinajstić information content (AvgIpc) is 2.65. The van der Waals surface area contributed by atoms with E-state index < -0.39 is 0 Å². The number of rotatable bonds is 5. The molecule has 0 atom stereocenters. The Hall–Kier alpha value is -1.39. The van der Waals surface area contributed by atoms with Crippen LogP contribution in [0.1, 0.15) is 61.4 Å². The number of amides is 1. The molecule has 2 N–H and O–H groups in total. The van der Waals surface area contributed by atoms with Gasteiger partial charge in [-0.15, -0.1) is 0 Å². The van der Waals surface area contributed by atoms with E-state index in [1.165, 1.54) is 18.4 Å². The van der Waals surface area contributed by atoms with Gasteiger partial charge in [0.1, 0.15) is 0 Å². The van der Waals surface area contributed by atoms with Crippen LogP contribution in [0.4, 0.5) is 0 Å². The van der Waals surface area contributed by atoms with E-state index in [-0.39, 0.29) is 5.91 Å². The number of hydrogen-bond donors (Lipinski definition) is 2. The summed E-state index contributed by atoms with van der Waals surface area (Å²) in [6, 6.07) is 8.41. The van der Waals surface area contributed by atoms with Crippen molar-refractivity contribution in [2.24, 2.45) is 11.8 Å². The van der Waals surface area contributed by atoms with Gasteiger partial charge in [-0.3, -0.25) is 9.69 Å². The first kappa shape index (κ1) is 18.4. The summed E-state index contributed by atoms with van der Waals surface area (Å²) in [7, 11) is 0. The van der Waals surface area contributed by atoms with Crippen LogP contribution in [0.25, 0.3) is 0 Å². The van der Waals surface area contributed by atoms with Gasteiger partial charge in [-0.1, -0.05) is 19.1 Å². The molecule has 0 bridgehead atoms. The molecule has 1 aliphatic carbocycles. The summed E-state index contributed by atoms with van der Waals surface area (Å²) in [5, 5.41) is 12.4. The number of likely N-dealkylation sites (tertiary alicyclic amines) is 1. The second kappa shape index (κ2) is 8.81. The first-order valence-corrected chi connectivity index (χ1v) is 9.87. The van der Waals surface area contributed by atoms with Crippen LogP contribution in [-0.2, 0) is 6.54 Å². The zero-order valence-corrected chi connectivity index (χ0v) is 15.4. The SMILES string of the molecule is CC1CCC(NC(=O)c2ccc(CN3CCC(CO)CC3)cc2)CC1. The molecule has 3 rings (SSSR count). The summed E-state index contributed by atoms with van der Waals surface area (Å²) in [5.74, 6) is 1.34. The molecule has 25 heavy (non-hydrogen) atoms. The van der Waals surface area contributed by atoms with Crippen molar-refractivity contribution in [1.29, 1.82) is 0 Å². The molecule has 0 unspecified atom stereocenters. The topological polar surface area (TPSA) is 52.6 Å². The molecule has 0 aromatic heterocycles. The Morgan fingerprint density at radius 3 is 2.32 bits per heavy atom. The summed E-state index contributed by atoms with van der Waals surface area (Å²) in [6.07, 6.45) is 6.81. The van der Waals surface area contributed by atoms with Gasteiger partial charge in [0, 0.05) is 24.8 Å². The first-order chi connectivity index (χ1) is 12.1. The normalized spacial score (nSPS) is 25.7. The molecule has 1 aliphatic heterocycles. The van der Waals surface area contributed by atoms with Crippen LogP contribution in [0.3, 0.4) is 0 Å². The molecule has 1 amide bonds. The van der Waals surface area contributed by atoms with Crippen LogP contribution in [-0.4, -0.2) is 41.7 Å². The Kier molecular flexibility index (Phi) is 6.49. The number of hydrogen-bond acceptors (Lipinski definition) is 3. The lowest BCUT2D eigenvalue weighted by Crippen LogP contribution is -2.37. The van der Waals surface area contributed by atoms with Crippen molar-refractivity contribution in [2.75, 3.05) is 19.7 Å². The number of carbonyl (C=O) groups is 1. The number of aliphatic hydroxyl groups excluding tert-OH is 1. The largest absolute Gasteiger partial charge is 0.396 e. The van der Waals surface area contributed by atoms with Crippen molar-refractivity contribution in [3.63, 3.8) is 0 Å². The predicted octanol–water partition coefficient (Wildman–Crippen LogP) is 3.20. The summed E-state index contributed by atoms with van der Waals surface area (Å²) in [6.45, 7) is 5.64. The monoisotopic (exact) mass is 344 g/mol. The van der Waals surface area contributed by atoms with Crippen molar-refractivity contribution in [3.8, 4) is 0 Å². The van der Waals surface area contributed by atoms with Crippen molar-refractivity contribution in [1.82, 2.24) is 10.2 Å². The highest BCUT2D eigenvalue weighted by Gasteiger charge is 2.21. The number of piperidine rings is 1. The van der Waals surface area contributed by atoms with Crippen molar-refractivity contribution in [3.05, 3.63) is 35.4 Å². The van der Waals surface area contributed by atoms with Crippen LogP contribution in [0.5, 0.6) is 0 Å².